The van der Waals surface area contributed by atoms with Gasteiger partial charge in [0.1, 0.15) is 0 Å². The van der Waals surface area contributed by atoms with Crippen LogP contribution in [-0.2, 0) is 0 Å². The Morgan fingerprint density at radius 1 is 1.15 bits per heavy atom. The van der Waals surface area contributed by atoms with Crippen molar-refractivity contribution in [1.82, 2.24) is 21.1 Å². The maximum absolute atomic E-state index is 5.33. The molecule has 0 aliphatic carbocycles. The zero-order valence-electron chi connectivity index (χ0n) is 8.18. The van der Waals surface area contributed by atoms with Gasteiger partial charge in [-0.25, -0.2) is 0 Å². The van der Waals surface area contributed by atoms with Gasteiger partial charge >= 0.3 is 0 Å². The first-order chi connectivity index (χ1) is 6.43. The van der Waals surface area contributed by atoms with Crippen molar-refractivity contribution in [2.24, 2.45) is 5.73 Å². The van der Waals surface area contributed by atoms with Crippen LogP contribution in [0, 0.1) is 0 Å². The number of nitrogens with two attached hydrogens (primary N) is 1. The van der Waals surface area contributed by atoms with Crippen molar-refractivity contribution in [3.8, 4) is 0 Å². The van der Waals surface area contributed by atoms with E-state index in [1.165, 1.54) is 13.1 Å². The highest BCUT2D eigenvalue weighted by Crippen LogP contribution is 1.89. The minimum atomic E-state index is 0.681. The normalized spacial score (nSPS) is 19.2. The lowest BCUT2D eigenvalue weighted by molar-refractivity contribution is 0.237. The maximum atomic E-state index is 5.33. The highest BCUT2D eigenvalue weighted by Gasteiger charge is 2.07. The molecule has 1 heterocycles. The molecule has 0 atom stereocenters. The van der Waals surface area contributed by atoms with Crippen LogP contribution in [-0.4, -0.2) is 57.3 Å². The molecule has 1 fully saturated rings. The van der Waals surface area contributed by atoms with E-state index in [1.807, 2.05) is 0 Å². The summed E-state index contributed by atoms with van der Waals surface area (Å²) in [4.78, 5) is 2.45. The van der Waals surface area contributed by atoms with Crippen LogP contribution in [0.25, 0.3) is 0 Å². The number of nitrogens with one attached hydrogen (secondary N) is 3. The van der Waals surface area contributed by atoms with E-state index < -0.39 is 0 Å². The Bertz CT molecular complexity index is 113. The molecule has 0 unspecified atom stereocenters. The van der Waals surface area contributed by atoms with Gasteiger partial charge in [-0.1, -0.05) is 0 Å². The third-order valence-corrected chi connectivity index (χ3v) is 2.16. The Morgan fingerprint density at radius 2 is 1.85 bits per heavy atom. The Labute approximate surface area is 80.0 Å². The van der Waals surface area contributed by atoms with E-state index in [0.29, 0.717) is 6.54 Å². The van der Waals surface area contributed by atoms with Crippen molar-refractivity contribution < 1.29 is 0 Å². The molecule has 0 aromatic carbocycles. The van der Waals surface area contributed by atoms with E-state index in [2.05, 4.69) is 21.1 Å². The van der Waals surface area contributed by atoms with Gasteiger partial charge in [0.15, 0.2) is 0 Å². The molecule has 78 valence electrons. The fourth-order valence-electron chi connectivity index (χ4n) is 1.40. The van der Waals surface area contributed by atoms with E-state index in [-0.39, 0.29) is 0 Å². The summed E-state index contributed by atoms with van der Waals surface area (Å²) in [6, 6.07) is 0. The first-order valence-corrected chi connectivity index (χ1v) is 5.02. The van der Waals surface area contributed by atoms with Crippen LogP contribution in [0.3, 0.4) is 0 Å². The van der Waals surface area contributed by atoms with Gasteiger partial charge in [0.05, 0.1) is 0 Å². The van der Waals surface area contributed by atoms with Gasteiger partial charge in [0.25, 0.3) is 0 Å². The van der Waals surface area contributed by atoms with Crippen molar-refractivity contribution >= 4 is 0 Å². The summed E-state index contributed by atoms with van der Waals surface area (Å²) < 4.78 is 0. The summed E-state index contributed by atoms with van der Waals surface area (Å²) in [5.74, 6) is 0. The van der Waals surface area contributed by atoms with E-state index in [4.69, 9.17) is 5.73 Å². The molecule has 1 aliphatic heterocycles. The average molecular weight is 187 g/mol. The molecule has 1 rings (SSSR count). The Balaban J connectivity index is 1.86. The van der Waals surface area contributed by atoms with Gasteiger partial charge in [-0.3, -0.25) is 15.8 Å². The molecular formula is C8H21N5. The predicted molar refractivity (Wildman–Crippen MR) is 54.4 cm³/mol. The quantitative estimate of drug-likeness (QED) is 0.285. The van der Waals surface area contributed by atoms with Crippen molar-refractivity contribution in [2.75, 3.05) is 52.4 Å². The Morgan fingerprint density at radius 3 is 2.54 bits per heavy atom. The minimum Gasteiger partial charge on any atom is -0.329 e. The molecule has 5 N–H and O–H groups in total. The SMILES string of the molecule is NCCNNCCN1CCNCC1. The first kappa shape index (κ1) is 10.9. The molecule has 0 bridgehead atoms. The number of rotatable bonds is 6. The predicted octanol–water partition coefficient (Wildman–Crippen LogP) is -2.06. The molecule has 0 aromatic heterocycles. The molecule has 0 radical (unpaired) electrons. The van der Waals surface area contributed by atoms with Gasteiger partial charge in [0.2, 0.25) is 0 Å². The molecule has 0 spiro atoms. The summed E-state index contributed by atoms with van der Waals surface area (Å²) in [6.45, 7) is 8.19. The monoisotopic (exact) mass is 187 g/mol. The third kappa shape index (κ3) is 5.17. The van der Waals surface area contributed by atoms with Crippen LogP contribution in [0.15, 0.2) is 0 Å². The van der Waals surface area contributed by atoms with Gasteiger partial charge < -0.3 is 11.1 Å². The van der Waals surface area contributed by atoms with E-state index >= 15 is 0 Å². The van der Waals surface area contributed by atoms with Crippen molar-refractivity contribution in [2.45, 2.75) is 0 Å². The highest BCUT2D eigenvalue weighted by atomic mass is 15.4. The minimum absolute atomic E-state index is 0.681. The smallest absolute Gasteiger partial charge is 0.0228 e. The van der Waals surface area contributed by atoms with Crippen molar-refractivity contribution in [3.05, 3.63) is 0 Å². The standard InChI is InChI=1S/C8H21N5/c9-1-2-11-12-5-8-13-6-3-10-4-7-13/h10-12H,1-9H2. The summed E-state index contributed by atoms with van der Waals surface area (Å²) >= 11 is 0. The lowest BCUT2D eigenvalue weighted by Crippen LogP contribution is -2.47. The molecule has 0 aromatic rings. The topological polar surface area (TPSA) is 65.3 Å². The number of hydrazine groups is 1. The lowest BCUT2D eigenvalue weighted by Gasteiger charge is -2.27. The van der Waals surface area contributed by atoms with Crippen molar-refractivity contribution in [1.29, 1.82) is 0 Å². The lowest BCUT2D eigenvalue weighted by atomic mass is 10.3. The molecule has 5 heteroatoms. The molecular weight excluding hydrogens is 166 g/mol. The molecule has 5 nitrogen and oxygen atoms in total. The Hall–Kier alpha value is -0.200. The molecule has 1 saturated heterocycles. The van der Waals surface area contributed by atoms with Crippen LogP contribution in [0.5, 0.6) is 0 Å². The van der Waals surface area contributed by atoms with E-state index in [9.17, 15) is 0 Å². The molecule has 0 saturated carbocycles. The highest BCUT2D eigenvalue weighted by molar-refractivity contribution is 4.67. The summed E-state index contributed by atoms with van der Waals surface area (Å²) in [5, 5.41) is 3.33. The van der Waals surface area contributed by atoms with Crippen LogP contribution < -0.4 is 21.9 Å². The largest absolute Gasteiger partial charge is 0.329 e. The fourth-order valence-corrected chi connectivity index (χ4v) is 1.40. The average Bonchev–Trinajstić information content (AvgIpc) is 2.19. The molecule has 13 heavy (non-hydrogen) atoms. The molecule has 1 aliphatic rings. The number of hydrogen-bond donors (Lipinski definition) is 4. The Kier molecular flexibility index (Phi) is 6.05. The van der Waals surface area contributed by atoms with Crippen LogP contribution in [0.2, 0.25) is 0 Å². The number of nitrogens with zero attached hydrogens (tertiary/aromatic N) is 1. The summed E-state index contributed by atoms with van der Waals surface area (Å²) in [7, 11) is 0. The van der Waals surface area contributed by atoms with Gasteiger partial charge in [-0.2, -0.15) is 0 Å². The second kappa shape index (κ2) is 7.23. The van der Waals surface area contributed by atoms with Crippen molar-refractivity contribution in [3.63, 3.8) is 0 Å². The summed E-state index contributed by atoms with van der Waals surface area (Å²) in [6.07, 6.45) is 0. The second-order valence-corrected chi connectivity index (χ2v) is 3.23. The van der Waals surface area contributed by atoms with E-state index in [0.717, 1.165) is 32.7 Å². The number of piperazine rings is 1. The van der Waals surface area contributed by atoms with Gasteiger partial charge in [0, 0.05) is 52.4 Å². The maximum Gasteiger partial charge on any atom is 0.0228 e. The zero-order chi connectivity index (χ0) is 9.36. The van der Waals surface area contributed by atoms with Gasteiger partial charge in [-0.15, -0.1) is 0 Å². The summed E-state index contributed by atoms with van der Waals surface area (Å²) in [5.41, 5.74) is 11.5. The van der Waals surface area contributed by atoms with E-state index in [1.54, 1.807) is 0 Å². The molecule has 0 amide bonds. The second-order valence-electron chi connectivity index (χ2n) is 3.23. The third-order valence-electron chi connectivity index (χ3n) is 2.16. The van der Waals surface area contributed by atoms with Crippen LogP contribution >= 0.6 is 0 Å². The van der Waals surface area contributed by atoms with Crippen LogP contribution in [0.4, 0.5) is 0 Å². The van der Waals surface area contributed by atoms with Crippen LogP contribution in [0.1, 0.15) is 0 Å². The first-order valence-electron chi connectivity index (χ1n) is 5.02. The fraction of sp³-hybridized carbons (Fsp3) is 1.00. The number of hydrogen-bond acceptors (Lipinski definition) is 5. The zero-order valence-corrected chi connectivity index (χ0v) is 8.18. The van der Waals surface area contributed by atoms with Gasteiger partial charge in [-0.05, 0) is 0 Å².